The van der Waals surface area contributed by atoms with Crippen LogP contribution in [0.1, 0.15) is 54.2 Å². The van der Waals surface area contributed by atoms with Gasteiger partial charge in [-0.3, -0.25) is 9.59 Å². The number of halogens is 1. The fraction of sp³-hybridized carbons (Fsp3) is 0.435. The van der Waals surface area contributed by atoms with E-state index in [-0.39, 0.29) is 28.1 Å². The van der Waals surface area contributed by atoms with Gasteiger partial charge < -0.3 is 20.1 Å². The number of methoxy groups -OCH3 is 2. The minimum absolute atomic E-state index is 0.00985. The standard InChI is InChI=1S/C23H25FN4O6S/c1-33-17-8-7-13(10-14(17)24)18-20(30)28(23(32)26-18)16(9-12-5-3-4-6-12)19(29)27-22-25-15(11-35-22)21(31)34-2/h7-8,10-12,16,18H,3-6,9H2,1-2H3,(H,26,32)(H,25,27,29). The average Bonchev–Trinajstić information content (AvgIpc) is 3.58. The minimum Gasteiger partial charge on any atom is -0.494 e. The van der Waals surface area contributed by atoms with Crippen molar-refractivity contribution in [3.05, 3.63) is 40.7 Å². The molecule has 1 aromatic heterocycles. The maximum Gasteiger partial charge on any atom is 0.357 e. The summed E-state index contributed by atoms with van der Waals surface area (Å²) in [5.74, 6) is -2.37. The van der Waals surface area contributed by atoms with Crippen molar-refractivity contribution in [2.75, 3.05) is 19.5 Å². The number of hydrogen-bond donors (Lipinski definition) is 2. The van der Waals surface area contributed by atoms with Crippen LogP contribution in [-0.4, -0.2) is 54.0 Å². The number of hydrogen-bond acceptors (Lipinski definition) is 8. The lowest BCUT2D eigenvalue weighted by molar-refractivity contribution is -0.134. The van der Waals surface area contributed by atoms with Gasteiger partial charge in [0.25, 0.3) is 5.91 Å². The number of carbonyl (C=O) groups is 4. The molecule has 35 heavy (non-hydrogen) atoms. The van der Waals surface area contributed by atoms with Crippen LogP contribution in [0.25, 0.3) is 0 Å². The number of ether oxygens (including phenoxy) is 2. The van der Waals surface area contributed by atoms with Crippen molar-refractivity contribution in [2.24, 2.45) is 5.92 Å². The van der Waals surface area contributed by atoms with Gasteiger partial charge in [0, 0.05) is 5.38 Å². The third-order valence-corrected chi connectivity index (χ3v) is 7.01. The molecule has 0 radical (unpaired) electrons. The van der Waals surface area contributed by atoms with Gasteiger partial charge in [0.2, 0.25) is 5.91 Å². The van der Waals surface area contributed by atoms with E-state index in [1.807, 2.05) is 0 Å². The number of rotatable bonds is 8. The molecule has 4 rings (SSSR count). The Bertz CT molecular complexity index is 1150. The van der Waals surface area contributed by atoms with Gasteiger partial charge in [0.15, 0.2) is 22.4 Å². The van der Waals surface area contributed by atoms with Crippen molar-refractivity contribution in [1.29, 1.82) is 0 Å². The van der Waals surface area contributed by atoms with Crippen LogP contribution in [-0.2, 0) is 14.3 Å². The molecule has 2 fully saturated rings. The van der Waals surface area contributed by atoms with Crippen LogP contribution >= 0.6 is 11.3 Å². The number of aromatic nitrogens is 1. The average molecular weight is 505 g/mol. The van der Waals surface area contributed by atoms with Crippen LogP contribution in [0.3, 0.4) is 0 Å². The monoisotopic (exact) mass is 504 g/mol. The molecule has 1 saturated heterocycles. The molecule has 2 unspecified atom stereocenters. The van der Waals surface area contributed by atoms with Crippen molar-refractivity contribution >= 4 is 40.3 Å². The molecule has 10 nitrogen and oxygen atoms in total. The number of amides is 4. The van der Waals surface area contributed by atoms with Gasteiger partial charge >= 0.3 is 12.0 Å². The van der Waals surface area contributed by atoms with Crippen LogP contribution in [0.15, 0.2) is 23.6 Å². The Morgan fingerprint density at radius 1 is 1.29 bits per heavy atom. The highest BCUT2D eigenvalue weighted by atomic mass is 32.1. The Kier molecular flexibility index (Phi) is 7.29. The molecule has 1 aromatic carbocycles. The van der Waals surface area contributed by atoms with Crippen molar-refractivity contribution < 1.29 is 33.0 Å². The maximum absolute atomic E-state index is 14.2. The van der Waals surface area contributed by atoms with Crippen molar-refractivity contribution in [1.82, 2.24) is 15.2 Å². The van der Waals surface area contributed by atoms with Gasteiger partial charge in [-0.1, -0.05) is 31.7 Å². The molecule has 2 aromatic rings. The number of imide groups is 1. The Balaban J connectivity index is 1.57. The molecular weight excluding hydrogens is 479 g/mol. The van der Waals surface area contributed by atoms with E-state index in [1.165, 1.54) is 31.7 Å². The van der Waals surface area contributed by atoms with Crippen molar-refractivity contribution in [3.63, 3.8) is 0 Å². The van der Waals surface area contributed by atoms with E-state index in [0.29, 0.717) is 6.42 Å². The van der Waals surface area contributed by atoms with Crippen LogP contribution < -0.4 is 15.4 Å². The summed E-state index contributed by atoms with van der Waals surface area (Å²) in [6.45, 7) is 0. The molecule has 186 valence electrons. The summed E-state index contributed by atoms with van der Waals surface area (Å²) in [4.78, 5) is 56.2. The molecule has 1 saturated carbocycles. The zero-order valence-corrected chi connectivity index (χ0v) is 20.0. The van der Waals surface area contributed by atoms with Gasteiger partial charge in [-0.25, -0.2) is 23.9 Å². The number of carbonyl (C=O) groups excluding carboxylic acids is 4. The smallest absolute Gasteiger partial charge is 0.357 e. The highest BCUT2D eigenvalue weighted by Crippen LogP contribution is 2.33. The molecule has 4 amide bonds. The van der Waals surface area contributed by atoms with E-state index in [2.05, 4.69) is 20.4 Å². The van der Waals surface area contributed by atoms with Crippen molar-refractivity contribution in [2.45, 2.75) is 44.2 Å². The largest absolute Gasteiger partial charge is 0.494 e. The number of thiazole rings is 1. The fourth-order valence-corrected chi connectivity index (χ4v) is 5.17. The summed E-state index contributed by atoms with van der Waals surface area (Å²) in [7, 11) is 2.55. The molecule has 1 aliphatic heterocycles. The van der Waals surface area contributed by atoms with E-state index < -0.39 is 41.7 Å². The fourth-order valence-electron chi connectivity index (χ4n) is 4.49. The third kappa shape index (κ3) is 5.11. The van der Waals surface area contributed by atoms with E-state index >= 15 is 0 Å². The first-order valence-corrected chi connectivity index (χ1v) is 12.0. The topological polar surface area (TPSA) is 127 Å². The number of anilines is 1. The first-order chi connectivity index (χ1) is 16.8. The summed E-state index contributed by atoms with van der Waals surface area (Å²) in [6, 6.07) is 1.03. The summed E-state index contributed by atoms with van der Waals surface area (Å²) in [5, 5.41) is 6.77. The summed E-state index contributed by atoms with van der Waals surface area (Å²) in [5.41, 5.74) is 0.281. The van der Waals surface area contributed by atoms with Gasteiger partial charge in [0.05, 0.1) is 14.2 Å². The SMILES string of the molecule is COC(=O)c1csc(NC(=O)C(CC2CCCC2)N2C(=O)NC(c3ccc(OC)c(F)c3)C2=O)n1. The quantitative estimate of drug-likeness (QED) is 0.417. The number of urea groups is 1. The summed E-state index contributed by atoms with van der Waals surface area (Å²) < 4.78 is 23.8. The van der Waals surface area contributed by atoms with Crippen LogP contribution in [0, 0.1) is 11.7 Å². The lowest BCUT2D eigenvalue weighted by atomic mass is 9.96. The van der Waals surface area contributed by atoms with Gasteiger partial charge in [0.1, 0.15) is 12.1 Å². The number of nitrogens with zero attached hydrogens (tertiary/aromatic N) is 2. The van der Waals surface area contributed by atoms with Crippen LogP contribution in [0.2, 0.25) is 0 Å². The number of esters is 1. The first kappa shape index (κ1) is 24.6. The predicted octanol–water partition coefficient (Wildman–Crippen LogP) is 3.26. The lowest BCUT2D eigenvalue weighted by Crippen LogP contribution is -2.48. The molecule has 1 aliphatic carbocycles. The molecular formula is C23H25FN4O6S. The summed E-state index contributed by atoms with van der Waals surface area (Å²) in [6.07, 6.45) is 4.11. The second-order valence-electron chi connectivity index (χ2n) is 8.41. The van der Waals surface area contributed by atoms with Crippen LogP contribution in [0.5, 0.6) is 5.75 Å². The Morgan fingerprint density at radius 2 is 2.03 bits per heavy atom. The minimum atomic E-state index is -1.13. The van der Waals surface area contributed by atoms with E-state index in [1.54, 1.807) is 0 Å². The highest BCUT2D eigenvalue weighted by Gasteiger charge is 2.46. The predicted molar refractivity (Wildman–Crippen MR) is 124 cm³/mol. The number of benzene rings is 1. The van der Waals surface area contributed by atoms with E-state index in [0.717, 1.165) is 48.0 Å². The molecule has 12 heteroatoms. The molecule has 2 N–H and O–H groups in total. The normalized spacial score (nSPS) is 18.9. The molecule has 2 heterocycles. The van der Waals surface area contributed by atoms with Gasteiger partial charge in [-0.15, -0.1) is 11.3 Å². The Hall–Kier alpha value is -3.54. The molecule has 2 atom stereocenters. The highest BCUT2D eigenvalue weighted by molar-refractivity contribution is 7.14. The van der Waals surface area contributed by atoms with Gasteiger partial charge in [-0.2, -0.15) is 0 Å². The first-order valence-electron chi connectivity index (χ1n) is 11.1. The maximum atomic E-state index is 14.2. The second kappa shape index (κ2) is 10.4. The van der Waals surface area contributed by atoms with Crippen molar-refractivity contribution in [3.8, 4) is 5.75 Å². The Labute approximate surface area is 204 Å². The molecule has 0 bridgehead atoms. The van der Waals surface area contributed by atoms with E-state index in [9.17, 15) is 23.6 Å². The lowest BCUT2D eigenvalue weighted by Gasteiger charge is -2.26. The second-order valence-corrected chi connectivity index (χ2v) is 9.26. The molecule has 0 spiro atoms. The summed E-state index contributed by atoms with van der Waals surface area (Å²) >= 11 is 1.03. The number of nitrogens with one attached hydrogen (secondary N) is 2. The van der Waals surface area contributed by atoms with E-state index in [4.69, 9.17) is 4.74 Å². The van der Waals surface area contributed by atoms with Gasteiger partial charge in [-0.05, 0) is 30.0 Å². The Morgan fingerprint density at radius 3 is 2.69 bits per heavy atom. The zero-order chi connectivity index (χ0) is 25.1. The van der Waals surface area contributed by atoms with Crippen LogP contribution in [0.4, 0.5) is 14.3 Å². The zero-order valence-electron chi connectivity index (χ0n) is 19.2. The molecule has 2 aliphatic rings. The third-order valence-electron chi connectivity index (χ3n) is 6.25.